The number of nitrogens with zero attached hydrogens (tertiary/aromatic N) is 5. The van der Waals surface area contributed by atoms with Gasteiger partial charge < -0.3 is 0 Å². The number of benzene rings is 1. The lowest BCUT2D eigenvalue weighted by molar-refractivity contribution is 0.895. The van der Waals surface area contributed by atoms with E-state index in [1.54, 1.807) is 29.0 Å². The number of imidazole rings is 1. The Morgan fingerprint density at radius 2 is 2.00 bits per heavy atom. The number of hydrogen-bond acceptors (Lipinski definition) is 5. The van der Waals surface area contributed by atoms with Crippen molar-refractivity contribution in [2.75, 3.05) is 6.26 Å². The zero-order chi connectivity index (χ0) is 13.1. The molecule has 0 aliphatic heterocycles. The summed E-state index contributed by atoms with van der Waals surface area (Å²) in [6.07, 6.45) is 6.93. The first-order chi connectivity index (χ1) is 9.38. The molecular formula is C13H11N5S. The number of hydrogen-bond donors (Lipinski definition) is 0. The van der Waals surface area contributed by atoms with Crippen molar-refractivity contribution in [3.8, 4) is 0 Å². The third kappa shape index (κ3) is 2.34. The van der Waals surface area contributed by atoms with E-state index in [-0.39, 0.29) is 0 Å². The van der Waals surface area contributed by atoms with Crippen molar-refractivity contribution in [2.24, 2.45) is 5.10 Å². The van der Waals surface area contributed by atoms with E-state index in [2.05, 4.69) is 20.1 Å². The van der Waals surface area contributed by atoms with Gasteiger partial charge in [0, 0.05) is 0 Å². The molecule has 0 saturated heterocycles. The minimum absolute atomic E-state index is 0.714. The highest BCUT2D eigenvalue weighted by molar-refractivity contribution is 7.98. The van der Waals surface area contributed by atoms with Crippen LogP contribution >= 0.6 is 11.8 Å². The average Bonchev–Trinajstić information content (AvgIpc) is 2.89. The zero-order valence-corrected chi connectivity index (χ0v) is 11.1. The van der Waals surface area contributed by atoms with Crippen LogP contribution in [0.15, 0.2) is 53.1 Å². The van der Waals surface area contributed by atoms with Gasteiger partial charge in [0.2, 0.25) is 0 Å². The molecule has 0 bridgehead atoms. The quantitative estimate of drug-likeness (QED) is 0.416. The maximum atomic E-state index is 4.37. The maximum absolute atomic E-state index is 4.37. The summed E-state index contributed by atoms with van der Waals surface area (Å²) >= 11 is 1.55. The Labute approximate surface area is 114 Å². The van der Waals surface area contributed by atoms with Gasteiger partial charge in [-0.3, -0.25) is 0 Å². The standard InChI is InChI=1S/C13H11N5S/c1-19-13-11-12(14-8-15-13)18(9-16-11)17-7-10-5-3-2-4-6-10/h2-9H,1H3/b17-7+. The summed E-state index contributed by atoms with van der Waals surface area (Å²) in [7, 11) is 0. The molecule has 2 heterocycles. The van der Waals surface area contributed by atoms with Gasteiger partial charge in [-0.2, -0.15) is 5.10 Å². The summed E-state index contributed by atoms with van der Waals surface area (Å²) in [6, 6.07) is 9.90. The highest BCUT2D eigenvalue weighted by Crippen LogP contribution is 2.20. The molecule has 3 aromatic rings. The molecule has 0 spiro atoms. The van der Waals surface area contributed by atoms with Gasteiger partial charge in [0.15, 0.2) is 5.65 Å². The lowest BCUT2D eigenvalue weighted by Crippen LogP contribution is -1.92. The molecule has 0 aliphatic carbocycles. The largest absolute Gasteiger partial charge is 0.230 e. The minimum Gasteiger partial charge on any atom is -0.230 e. The van der Waals surface area contributed by atoms with Crippen LogP contribution in [0.4, 0.5) is 0 Å². The third-order valence-corrected chi connectivity index (χ3v) is 3.29. The van der Waals surface area contributed by atoms with Gasteiger partial charge in [0.05, 0.1) is 6.21 Å². The van der Waals surface area contributed by atoms with Crippen molar-refractivity contribution >= 4 is 29.1 Å². The van der Waals surface area contributed by atoms with Crippen LogP contribution in [0.25, 0.3) is 11.2 Å². The van der Waals surface area contributed by atoms with Gasteiger partial charge in [-0.05, 0) is 11.8 Å². The number of thioether (sulfide) groups is 1. The summed E-state index contributed by atoms with van der Waals surface area (Å²) in [5.41, 5.74) is 2.52. The first kappa shape index (κ1) is 11.9. The van der Waals surface area contributed by atoms with Crippen LogP contribution in [-0.2, 0) is 0 Å². The highest BCUT2D eigenvalue weighted by Gasteiger charge is 2.08. The van der Waals surface area contributed by atoms with Gasteiger partial charge in [-0.15, -0.1) is 11.8 Å². The predicted octanol–water partition coefficient (Wildman–Crippen LogP) is 2.43. The Balaban J connectivity index is 2.00. The van der Waals surface area contributed by atoms with E-state index in [4.69, 9.17) is 0 Å². The van der Waals surface area contributed by atoms with Crippen LogP contribution < -0.4 is 0 Å². The molecule has 0 aliphatic rings. The van der Waals surface area contributed by atoms with Gasteiger partial charge in [0.1, 0.15) is 23.2 Å². The molecule has 0 atom stereocenters. The first-order valence-electron chi connectivity index (χ1n) is 5.70. The van der Waals surface area contributed by atoms with Gasteiger partial charge in [-0.1, -0.05) is 30.3 Å². The van der Waals surface area contributed by atoms with E-state index >= 15 is 0 Å². The smallest absolute Gasteiger partial charge is 0.185 e. The second-order valence-corrected chi connectivity index (χ2v) is 4.59. The van der Waals surface area contributed by atoms with Crippen LogP contribution in [0.1, 0.15) is 5.56 Å². The summed E-state index contributed by atoms with van der Waals surface area (Å²) in [4.78, 5) is 12.7. The van der Waals surface area contributed by atoms with Crippen molar-refractivity contribution in [1.29, 1.82) is 0 Å². The maximum Gasteiger partial charge on any atom is 0.185 e. The lowest BCUT2D eigenvalue weighted by atomic mass is 10.2. The van der Waals surface area contributed by atoms with E-state index in [9.17, 15) is 0 Å². The predicted molar refractivity (Wildman–Crippen MR) is 76.5 cm³/mol. The fraction of sp³-hybridized carbons (Fsp3) is 0.0769. The Morgan fingerprint density at radius 1 is 1.16 bits per heavy atom. The molecule has 1 aromatic carbocycles. The molecule has 0 saturated carbocycles. The van der Waals surface area contributed by atoms with Gasteiger partial charge in [0.25, 0.3) is 0 Å². The van der Waals surface area contributed by atoms with Crippen molar-refractivity contribution < 1.29 is 0 Å². The first-order valence-corrected chi connectivity index (χ1v) is 6.92. The van der Waals surface area contributed by atoms with E-state index in [1.165, 1.54) is 6.33 Å². The van der Waals surface area contributed by atoms with E-state index in [1.807, 2.05) is 36.6 Å². The van der Waals surface area contributed by atoms with Crippen LogP contribution in [0.5, 0.6) is 0 Å². The fourth-order valence-electron chi connectivity index (χ4n) is 1.70. The molecule has 2 aromatic heterocycles. The van der Waals surface area contributed by atoms with E-state index in [0.29, 0.717) is 5.65 Å². The van der Waals surface area contributed by atoms with Crippen molar-refractivity contribution in [3.63, 3.8) is 0 Å². The summed E-state index contributed by atoms with van der Waals surface area (Å²) < 4.78 is 1.66. The van der Waals surface area contributed by atoms with Crippen molar-refractivity contribution in [1.82, 2.24) is 19.6 Å². The monoisotopic (exact) mass is 269 g/mol. The molecule has 3 rings (SSSR count). The molecule has 0 fully saturated rings. The normalized spacial score (nSPS) is 11.4. The summed E-state index contributed by atoms with van der Waals surface area (Å²) in [6.45, 7) is 0. The zero-order valence-electron chi connectivity index (χ0n) is 10.3. The molecule has 6 heteroatoms. The molecule has 0 N–H and O–H groups in total. The Morgan fingerprint density at radius 3 is 2.79 bits per heavy atom. The molecule has 94 valence electrons. The molecule has 0 amide bonds. The average molecular weight is 269 g/mol. The highest BCUT2D eigenvalue weighted by atomic mass is 32.2. The van der Waals surface area contributed by atoms with Gasteiger partial charge in [-0.25, -0.2) is 19.6 Å². The molecule has 19 heavy (non-hydrogen) atoms. The minimum atomic E-state index is 0.714. The number of aromatic nitrogens is 4. The fourth-order valence-corrected chi connectivity index (χ4v) is 2.19. The molecule has 0 radical (unpaired) electrons. The summed E-state index contributed by atoms with van der Waals surface area (Å²) in [5, 5.41) is 5.23. The van der Waals surface area contributed by atoms with Crippen molar-refractivity contribution in [3.05, 3.63) is 48.5 Å². The summed E-state index contributed by atoms with van der Waals surface area (Å²) in [5.74, 6) is 0. The van der Waals surface area contributed by atoms with E-state index in [0.717, 1.165) is 16.1 Å². The Kier molecular flexibility index (Phi) is 3.24. The third-order valence-electron chi connectivity index (χ3n) is 2.61. The second kappa shape index (κ2) is 5.19. The van der Waals surface area contributed by atoms with Crippen LogP contribution in [0.2, 0.25) is 0 Å². The number of fused-ring (bicyclic) bond motifs is 1. The topological polar surface area (TPSA) is 56.0 Å². The van der Waals surface area contributed by atoms with Crippen LogP contribution in [-0.4, -0.2) is 32.1 Å². The van der Waals surface area contributed by atoms with E-state index < -0.39 is 0 Å². The number of rotatable bonds is 3. The Bertz CT molecular complexity index is 720. The Hall–Kier alpha value is -2.21. The molecule has 0 unspecified atom stereocenters. The van der Waals surface area contributed by atoms with Crippen molar-refractivity contribution in [2.45, 2.75) is 5.03 Å². The molecule has 5 nitrogen and oxygen atoms in total. The lowest BCUT2D eigenvalue weighted by Gasteiger charge is -1.97. The van der Waals surface area contributed by atoms with Gasteiger partial charge >= 0.3 is 0 Å². The molecular weight excluding hydrogens is 258 g/mol. The van der Waals surface area contributed by atoms with Crippen LogP contribution in [0, 0.1) is 0 Å². The SMILES string of the molecule is CSc1ncnc2c1ncn2/N=C/c1ccccc1. The second-order valence-electron chi connectivity index (χ2n) is 3.80. The van der Waals surface area contributed by atoms with Crippen LogP contribution in [0.3, 0.4) is 0 Å².